The number of nitrogens with zero attached hydrogens (tertiary/aromatic N) is 6. The molecule has 0 aliphatic carbocycles. The van der Waals surface area contributed by atoms with Gasteiger partial charge in [0, 0.05) is 62.0 Å². The Bertz CT molecular complexity index is 1080. The first kappa shape index (κ1) is 17.8. The molecule has 4 aromatic rings. The van der Waals surface area contributed by atoms with Crippen molar-refractivity contribution in [3.8, 4) is 11.3 Å². The third-order valence-corrected chi connectivity index (χ3v) is 4.49. The predicted octanol–water partition coefficient (Wildman–Crippen LogP) is 1.91. The molecule has 0 atom stereocenters. The molecular weight excluding hydrogens is 354 g/mol. The van der Waals surface area contributed by atoms with Crippen molar-refractivity contribution in [2.75, 3.05) is 6.54 Å². The first-order valence-electron chi connectivity index (χ1n) is 9.25. The van der Waals surface area contributed by atoms with Crippen LogP contribution in [0.15, 0.2) is 55.2 Å². The first-order valence-corrected chi connectivity index (χ1v) is 9.25. The molecule has 0 aliphatic rings. The molecule has 0 fully saturated rings. The lowest BCUT2D eigenvalue weighted by atomic mass is 10.2. The van der Waals surface area contributed by atoms with Crippen LogP contribution in [-0.4, -0.2) is 41.6 Å². The molecule has 28 heavy (non-hydrogen) atoms. The lowest BCUT2D eigenvalue weighted by Gasteiger charge is -2.07. The standard InChI is InChI=1S/C20H21N7O/c1-2-18-22-10-12-26(18)14-20(28)23-9-5-16-13-19-24-17(6-11-27(19)25-16)15-3-7-21-8-4-15/h3-4,6-8,10-13H,2,5,9,14H2,1H3,(H,23,28). The quantitative estimate of drug-likeness (QED) is 0.533. The zero-order valence-corrected chi connectivity index (χ0v) is 15.6. The van der Waals surface area contributed by atoms with E-state index in [4.69, 9.17) is 0 Å². The Hall–Kier alpha value is -3.55. The molecule has 1 N–H and O–H groups in total. The highest BCUT2D eigenvalue weighted by Gasteiger charge is 2.08. The van der Waals surface area contributed by atoms with Crippen LogP contribution in [0.1, 0.15) is 18.4 Å². The molecule has 0 saturated heterocycles. The number of pyridine rings is 1. The van der Waals surface area contributed by atoms with E-state index in [-0.39, 0.29) is 12.5 Å². The van der Waals surface area contributed by atoms with E-state index >= 15 is 0 Å². The maximum Gasteiger partial charge on any atom is 0.239 e. The van der Waals surface area contributed by atoms with Crippen LogP contribution in [0.2, 0.25) is 0 Å². The smallest absolute Gasteiger partial charge is 0.239 e. The van der Waals surface area contributed by atoms with Gasteiger partial charge in [-0.1, -0.05) is 6.92 Å². The van der Waals surface area contributed by atoms with Crippen LogP contribution in [0.4, 0.5) is 0 Å². The second-order valence-corrected chi connectivity index (χ2v) is 6.41. The number of nitrogens with one attached hydrogen (secondary N) is 1. The van der Waals surface area contributed by atoms with Crippen LogP contribution in [-0.2, 0) is 24.2 Å². The number of fused-ring (bicyclic) bond motifs is 1. The molecule has 0 radical (unpaired) electrons. The average molecular weight is 375 g/mol. The maximum absolute atomic E-state index is 12.1. The number of hydrogen-bond acceptors (Lipinski definition) is 5. The van der Waals surface area contributed by atoms with Crippen molar-refractivity contribution in [1.82, 2.24) is 34.4 Å². The second-order valence-electron chi connectivity index (χ2n) is 6.41. The molecule has 1 amide bonds. The van der Waals surface area contributed by atoms with Gasteiger partial charge in [-0.05, 0) is 18.2 Å². The number of rotatable bonds is 7. The summed E-state index contributed by atoms with van der Waals surface area (Å²) in [4.78, 5) is 25.1. The van der Waals surface area contributed by atoms with Crippen LogP contribution < -0.4 is 5.32 Å². The van der Waals surface area contributed by atoms with Gasteiger partial charge in [0.2, 0.25) is 5.91 Å². The molecule has 0 saturated carbocycles. The Morgan fingerprint density at radius 2 is 2.00 bits per heavy atom. The van der Waals surface area contributed by atoms with Crippen molar-refractivity contribution < 1.29 is 4.79 Å². The molecule has 4 rings (SSSR count). The predicted molar refractivity (Wildman–Crippen MR) is 105 cm³/mol. The number of imidazole rings is 1. The summed E-state index contributed by atoms with van der Waals surface area (Å²) in [5.74, 6) is 0.876. The number of amides is 1. The van der Waals surface area contributed by atoms with E-state index in [9.17, 15) is 4.79 Å². The molecule has 0 aliphatic heterocycles. The molecule has 8 heteroatoms. The number of aromatic nitrogens is 6. The van der Waals surface area contributed by atoms with Gasteiger partial charge < -0.3 is 9.88 Å². The van der Waals surface area contributed by atoms with Crippen molar-refractivity contribution in [3.63, 3.8) is 0 Å². The lowest BCUT2D eigenvalue weighted by Crippen LogP contribution is -2.29. The fraction of sp³-hybridized carbons (Fsp3) is 0.250. The zero-order valence-electron chi connectivity index (χ0n) is 15.6. The van der Waals surface area contributed by atoms with Crippen LogP contribution in [0, 0.1) is 0 Å². The summed E-state index contributed by atoms with van der Waals surface area (Å²) >= 11 is 0. The molecule has 0 spiro atoms. The summed E-state index contributed by atoms with van der Waals surface area (Å²) in [5, 5.41) is 7.46. The monoisotopic (exact) mass is 375 g/mol. The molecule has 4 aromatic heterocycles. The van der Waals surface area contributed by atoms with Crippen molar-refractivity contribution in [2.45, 2.75) is 26.3 Å². The van der Waals surface area contributed by atoms with E-state index < -0.39 is 0 Å². The van der Waals surface area contributed by atoms with E-state index in [0.29, 0.717) is 13.0 Å². The summed E-state index contributed by atoms with van der Waals surface area (Å²) in [6.07, 6.45) is 10.4. The number of hydrogen-bond donors (Lipinski definition) is 1. The minimum Gasteiger partial charge on any atom is -0.354 e. The van der Waals surface area contributed by atoms with Gasteiger partial charge in [-0.3, -0.25) is 9.78 Å². The highest BCUT2D eigenvalue weighted by atomic mass is 16.1. The summed E-state index contributed by atoms with van der Waals surface area (Å²) in [5.41, 5.74) is 3.55. The number of carbonyl (C=O) groups excluding carboxylic acids is 1. The molecule has 0 bridgehead atoms. The molecule has 8 nitrogen and oxygen atoms in total. The largest absolute Gasteiger partial charge is 0.354 e. The zero-order chi connectivity index (χ0) is 19.3. The Kier molecular flexibility index (Phi) is 5.09. The van der Waals surface area contributed by atoms with E-state index in [1.807, 2.05) is 48.1 Å². The van der Waals surface area contributed by atoms with Crippen LogP contribution in [0.25, 0.3) is 16.9 Å². The van der Waals surface area contributed by atoms with Gasteiger partial charge in [0.1, 0.15) is 12.4 Å². The summed E-state index contributed by atoms with van der Waals surface area (Å²) in [6.45, 7) is 2.83. The van der Waals surface area contributed by atoms with Gasteiger partial charge in [0.05, 0.1) is 11.4 Å². The van der Waals surface area contributed by atoms with E-state index in [2.05, 4.69) is 25.4 Å². The molecule has 142 valence electrons. The highest BCUT2D eigenvalue weighted by molar-refractivity contribution is 5.75. The van der Waals surface area contributed by atoms with Crippen LogP contribution in [0.5, 0.6) is 0 Å². The minimum absolute atomic E-state index is 0.0328. The fourth-order valence-corrected chi connectivity index (χ4v) is 3.07. The summed E-state index contributed by atoms with van der Waals surface area (Å²) < 4.78 is 3.62. The van der Waals surface area contributed by atoms with Gasteiger partial charge in [0.15, 0.2) is 5.65 Å². The molecule has 4 heterocycles. The summed E-state index contributed by atoms with van der Waals surface area (Å²) in [7, 11) is 0. The normalized spacial score (nSPS) is 11.0. The van der Waals surface area contributed by atoms with Gasteiger partial charge in [-0.2, -0.15) is 5.10 Å². The lowest BCUT2D eigenvalue weighted by molar-refractivity contribution is -0.121. The van der Waals surface area contributed by atoms with Gasteiger partial charge >= 0.3 is 0 Å². The summed E-state index contributed by atoms with van der Waals surface area (Å²) in [6, 6.07) is 7.73. The Morgan fingerprint density at radius 1 is 1.14 bits per heavy atom. The number of carbonyl (C=O) groups is 1. The van der Waals surface area contributed by atoms with Gasteiger partial charge in [0.25, 0.3) is 0 Å². The Balaban J connectivity index is 1.36. The minimum atomic E-state index is -0.0328. The van der Waals surface area contributed by atoms with Crippen molar-refractivity contribution in [1.29, 1.82) is 0 Å². The van der Waals surface area contributed by atoms with E-state index in [1.54, 1.807) is 23.1 Å². The van der Waals surface area contributed by atoms with E-state index in [0.717, 1.165) is 34.8 Å². The van der Waals surface area contributed by atoms with Crippen molar-refractivity contribution >= 4 is 11.6 Å². The van der Waals surface area contributed by atoms with Crippen molar-refractivity contribution in [2.24, 2.45) is 0 Å². The number of aryl methyl sites for hydroxylation is 1. The molecule has 0 aromatic carbocycles. The van der Waals surface area contributed by atoms with Crippen molar-refractivity contribution in [3.05, 3.63) is 66.8 Å². The fourth-order valence-electron chi connectivity index (χ4n) is 3.07. The topological polar surface area (TPSA) is 90.0 Å². The second kappa shape index (κ2) is 7.99. The Labute approximate surface area is 162 Å². The SMILES string of the molecule is CCc1nccn1CC(=O)NCCc1cc2nc(-c3ccncc3)ccn2n1. The van der Waals surface area contributed by atoms with Crippen LogP contribution >= 0.6 is 0 Å². The van der Waals surface area contributed by atoms with E-state index in [1.165, 1.54) is 0 Å². The first-order chi connectivity index (χ1) is 13.7. The third kappa shape index (κ3) is 3.90. The average Bonchev–Trinajstić information content (AvgIpc) is 3.34. The highest BCUT2D eigenvalue weighted by Crippen LogP contribution is 2.16. The van der Waals surface area contributed by atoms with Gasteiger partial charge in [-0.25, -0.2) is 14.5 Å². The third-order valence-electron chi connectivity index (χ3n) is 4.49. The van der Waals surface area contributed by atoms with Gasteiger partial charge in [-0.15, -0.1) is 0 Å². The maximum atomic E-state index is 12.1. The molecular formula is C20H21N7O. The van der Waals surface area contributed by atoms with Crippen LogP contribution in [0.3, 0.4) is 0 Å². The Morgan fingerprint density at radius 3 is 2.82 bits per heavy atom. The molecule has 0 unspecified atom stereocenters.